The molecule has 1 heterocycles. The van der Waals surface area contributed by atoms with Gasteiger partial charge < -0.3 is 24.4 Å². The predicted octanol–water partition coefficient (Wildman–Crippen LogP) is 3.59. The Morgan fingerprint density at radius 2 is 1.84 bits per heavy atom. The van der Waals surface area contributed by atoms with Crippen molar-refractivity contribution in [2.45, 2.75) is 98.1 Å². The van der Waals surface area contributed by atoms with Gasteiger partial charge in [-0.2, -0.15) is 0 Å². The molecule has 0 radical (unpaired) electrons. The van der Waals surface area contributed by atoms with E-state index in [0.717, 1.165) is 5.57 Å². The molecule has 3 aliphatic rings. The van der Waals surface area contributed by atoms with Gasteiger partial charge in [-0.25, -0.2) is 0 Å². The molecule has 38 heavy (non-hydrogen) atoms. The molecular formula is C29H42O9. The summed E-state index contributed by atoms with van der Waals surface area (Å²) >= 11 is 0. The first-order valence-corrected chi connectivity index (χ1v) is 13.3. The maximum Gasteiger partial charge on any atom is 0.309 e. The topological polar surface area (TPSA) is 129 Å². The van der Waals surface area contributed by atoms with Crippen molar-refractivity contribution in [3.05, 3.63) is 36.5 Å². The van der Waals surface area contributed by atoms with Gasteiger partial charge in [0.2, 0.25) is 12.6 Å². The molecule has 0 unspecified atom stereocenters. The fourth-order valence-electron chi connectivity index (χ4n) is 6.48. The van der Waals surface area contributed by atoms with Crippen molar-refractivity contribution in [3.8, 4) is 0 Å². The number of hydrogen-bond acceptors (Lipinski definition) is 9. The van der Waals surface area contributed by atoms with E-state index in [4.69, 9.17) is 18.9 Å². The first kappa shape index (κ1) is 30.1. The molecule has 212 valence electrons. The SMILES string of the molecule is C=CC(=C)CC[C@]1(C)[C@H](C)[C@H](O)[C@H](O)[C@]23C(=C[C@H](OC(=O)[C@H](C)CC)C[C@H]12)[C@H](OC(C)=O)O[C@H]3OC(C)=O. The van der Waals surface area contributed by atoms with Gasteiger partial charge in [0.1, 0.15) is 6.10 Å². The third kappa shape index (κ3) is 5.08. The molecule has 1 aliphatic heterocycles. The highest BCUT2D eigenvalue weighted by molar-refractivity contribution is 5.72. The summed E-state index contributed by atoms with van der Waals surface area (Å²) in [5.74, 6) is -2.89. The van der Waals surface area contributed by atoms with E-state index in [1.807, 2.05) is 20.8 Å². The second-order valence-electron chi connectivity index (χ2n) is 11.2. The van der Waals surface area contributed by atoms with Gasteiger partial charge in [0.05, 0.1) is 23.5 Å². The van der Waals surface area contributed by atoms with Crippen LogP contribution in [0.25, 0.3) is 0 Å². The van der Waals surface area contributed by atoms with E-state index in [1.54, 1.807) is 19.1 Å². The van der Waals surface area contributed by atoms with Crippen molar-refractivity contribution in [2.75, 3.05) is 0 Å². The quantitative estimate of drug-likeness (QED) is 0.197. The van der Waals surface area contributed by atoms with E-state index in [0.29, 0.717) is 24.8 Å². The fourth-order valence-corrected chi connectivity index (χ4v) is 6.48. The van der Waals surface area contributed by atoms with Gasteiger partial charge >= 0.3 is 17.9 Å². The second-order valence-corrected chi connectivity index (χ2v) is 11.2. The minimum absolute atomic E-state index is 0.283. The predicted molar refractivity (Wildman–Crippen MR) is 138 cm³/mol. The van der Waals surface area contributed by atoms with Gasteiger partial charge in [-0.3, -0.25) is 19.1 Å². The highest BCUT2D eigenvalue weighted by Gasteiger charge is 2.73. The summed E-state index contributed by atoms with van der Waals surface area (Å²) in [7, 11) is 0. The van der Waals surface area contributed by atoms with E-state index in [2.05, 4.69) is 13.2 Å². The Bertz CT molecular complexity index is 1000. The van der Waals surface area contributed by atoms with Gasteiger partial charge in [-0.05, 0) is 49.0 Å². The Balaban J connectivity index is 2.24. The number of esters is 3. The fraction of sp³-hybridized carbons (Fsp3) is 0.690. The number of rotatable bonds is 9. The number of hydrogen-bond donors (Lipinski definition) is 2. The molecule has 1 spiro atoms. The van der Waals surface area contributed by atoms with Gasteiger partial charge in [0.15, 0.2) is 0 Å². The zero-order valence-corrected chi connectivity index (χ0v) is 23.3. The summed E-state index contributed by atoms with van der Waals surface area (Å²) in [4.78, 5) is 37.0. The zero-order chi connectivity index (χ0) is 28.6. The largest absolute Gasteiger partial charge is 0.458 e. The molecule has 0 amide bonds. The zero-order valence-electron chi connectivity index (χ0n) is 23.3. The first-order chi connectivity index (χ1) is 17.7. The molecule has 2 fully saturated rings. The molecular weight excluding hydrogens is 492 g/mol. The average molecular weight is 535 g/mol. The van der Waals surface area contributed by atoms with Crippen molar-refractivity contribution in [2.24, 2.45) is 28.6 Å². The van der Waals surface area contributed by atoms with Gasteiger partial charge in [-0.15, -0.1) is 0 Å². The molecule has 0 aromatic carbocycles. The minimum Gasteiger partial charge on any atom is -0.458 e. The van der Waals surface area contributed by atoms with Crippen molar-refractivity contribution in [3.63, 3.8) is 0 Å². The van der Waals surface area contributed by atoms with Gasteiger partial charge in [0, 0.05) is 19.4 Å². The second kappa shape index (κ2) is 11.3. The van der Waals surface area contributed by atoms with E-state index in [9.17, 15) is 24.6 Å². The van der Waals surface area contributed by atoms with E-state index in [-0.39, 0.29) is 18.3 Å². The number of ether oxygens (including phenoxy) is 4. The Morgan fingerprint density at radius 3 is 2.39 bits per heavy atom. The number of allylic oxidation sites excluding steroid dienone is 2. The van der Waals surface area contributed by atoms with Crippen LogP contribution in [0.3, 0.4) is 0 Å². The lowest BCUT2D eigenvalue weighted by Gasteiger charge is -2.62. The molecule has 1 saturated carbocycles. The van der Waals surface area contributed by atoms with Crippen LogP contribution < -0.4 is 0 Å². The molecule has 9 nitrogen and oxygen atoms in total. The Labute approximate surface area is 224 Å². The number of carbonyl (C=O) groups excluding carboxylic acids is 3. The van der Waals surface area contributed by atoms with Gasteiger partial charge in [-0.1, -0.05) is 52.5 Å². The molecule has 2 aliphatic carbocycles. The third-order valence-corrected chi connectivity index (χ3v) is 9.06. The Kier molecular flexibility index (Phi) is 8.95. The van der Waals surface area contributed by atoms with Crippen molar-refractivity contribution in [1.29, 1.82) is 0 Å². The molecule has 10 atom stereocenters. The van der Waals surface area contributed by atoms with Crippen LogP contribution >= 0.6 is 0 Å². The number of carbonyl (C=O) groups is 3. The Morgan fingerprint density at radius 1 is 1.21 bits per heavy atom. The summed E-state index contributed by atoms with van der Waals surface area (Å²) in [5.41, 5.74) is -0.972. The molecule has 3 rings (SSSR count). The van der Waals surface area contributed by atoms with E-state index >= 15 is 0 Å². The lowest BCUT2D eigenvalue weighted by molar-refractivity contribution is -0.274. The van der Waals surface area contributed by atoms with E-state index in [1.165, 1.54) is 13.8 Å². The number of aliphatic hydroxyl groups excluding tert-OH is 2. The van der Waals surface area contributed by atoms with Crippen LogP contribution in [0.5, 0.6) is 0 Å². The van der Waals surface area contributed by atoms with Crippen LogP contribution in [0.2, 0.25) is 0 Å². The standard InChI is InChI=1S/C29H42O9/c1-9-15(3)11-12-28(8)17(5)23(32)24(33)29-21(26(35-18(6)30)38-27(29)36-19(7)31)13-20(14-22(28)29)37-25(34)16(4)10-2/h9,13,16-17,20,22-24,26-27,32-33H,1,3,10-12,14H2,2,4-8H3/t16-,17-,20+,22-,23+,24+,26-,27-,28-,29+/m1/s1. The lowest BCUT2D eigenvalue weighted by atomic mass is 9.44. The minimum atomic E-state index is -1.44. The van der Waals surface area contributed by atoms with Gasteiger partial charge in [0.25, 0.3) is 0 Å². The monoisotopic (exact) mass is 534 g/mol. The van der Waals surface area contributed by atoms with Crippen LogP contribution in [-0.2, 0) is 33.3 Å². The van der Waals surface area contributed by atoms with Crippen LogP contribution in [0.4, 0.5) is 0 Å². The highest BCUT2D eigenvalue weighted by atomic mass is 16.8. The van der Waals surface area contributed by atoms with Crippen LogP contribution in [0.1, 0.15) is 67.2 Å². The maximum atomic E-state index is 12.8. The highest BCUT2D eigenvalue weighted by Crippen LogP contribution is 2.67. The maximum absolute atomic E-state index is 12.8. The summed E-state index contributed by atoms with van der Waals surface area (Å²) in [6.45, 7) is 17.8. The molecule has 0 aromatic rings. The third-order valence-electron chi connectivity index (χ3n) is 9.06. The smallest absolute Gasteiger partial charge is 0.309 e. The number of aliphatic hydroxyl groups is 2. The lowest BCUT2D eigenvalue weighted by Crippen LogP contribution is -2.68. The molecule has 9 heteroatoms. The van der Waals surface area contributed by atoms with Crippen molar-refractivity contribution < 1.29 is 43.5 Å². The van der Waals surface area contributed by atoms with Crippen molar-refractivity contribution >= 4 is 17.9 Å². The van der Waals surface area contributed by atoms with Crippen molar-refractivity contribution in [1.82, 2.24) is 0 Å². The summed E-state index contributed by atoms with van der Waals surface area (Å²) in [5, 5.41) is 23.2. The molecule has 1 saturated heterocycles. The molecule has 2 N–H and O–H groups in total. The van der Waals surface area contributed by atoms with Crippen LogP contribution in [0, 0.1) is 28.6 Å². The van der Waals surface area contributed by atoms with E-state index < -0.39 is 65.5 Å². The first-order valence-electron chi connectivity index (χ1n) is 13.3. The summed E-state index contributed by atoms with van der Waals surface area (Å²) in [6.07, 6.45) is -0.661. The average Bonchev–Trinajstić information content (AvgIpc) is 3.15. The van der Waals surface area contributed by atoms with Crippen LogP contribution in [-0.4, -0.2) is 59.0 Å². The molecule has 0 aromatic heterocycles. The van der Waals surface area contributed by atoms with Crippen LogP contribution in [0.15, 0.2) is 36.5 Å². The summed E-state index contributed by atoms with van der Waals surface area (Å²) in [6, 6.07) is 0. The molecule has 0 bridgehead atoms. The summed E-state index contributed by atoms with van der Waals surface area (Å²) < 4.78 is 23.0. The normalized spacial score (nSPS) is 38.6. The Hall–Kier alpha value is -2.49.